The van der Waals surface area contributed by atoms with Gasteiger partial charge in [0.2, 0.25) is 0 Å². The summed E-state index contributed by atoms with van der Waals surface area (Å²) in [5.74, 6) is 0. The SMILES string of the molecule is CCc1cccc(-c2ccc(N)c(CC)c2)c1. The summed E-state index contributed by atoms with van der Waals surface area (Å²) in [5, 5.41) is 0. The second kappa shape index (κ2) is 5.05. The number of anilines is 1. The first-order valence-corrected chi connectivity index (χ1v) is 6.22. The van der Waals surface area contributed by atoms with Gasteiger partial charge in [-0.1, -0.05) is 44.2 Å². The van der Waals surface area contributed by atoms with E-state index in [0.29, 0.717) is 0 Å². The summed E-state index contributed by atoms with van der Waals surface area (Å²) in [6.45, 7) is 4.32. The Labute approximate surface area is 103 Å². The largest absolute Gasteiger partial charge is 0.399 e. The van der Waals surface area contributed by atoms with Crippen molar-refractivity contribution in [3.05, 3.63) is 53.6 Å². The zero-order chi connectivity index (χ0) is 12.3. The molecule has 2 rings (SSSR count). The van der Waals surface area contributed by atoms with E-state index in [2.05, 4.69) is 50.2 Å². The van der Waals surface area contributed by atoms with Gasteiger partial charge in [0.1, 0.15) is 0 Å². The normalized spacial score (nSPS) is 10.5. The fraction of sp³-hybridized carbons (Fsp3) is 0.250. The lowest BCUT2D eigenvalue weighted by atomic mass is 9.99. The lowest BCUT2D eigenvalue weighted by Crippen LogP contribution is -1.93. The average Bonchev–Trinajstić information content (AvgIpc) is 2.39. The van der Waals surface area contributed by atoms with E-state index >= 15 is 0 Å². The second-order valence-corrected chi connectivity index (χ2v) is 4.32. The van der Waals surface area contributed by atoms with Gasteiger partial charge in [0, 0.05) is 5.69 Å². The predicted octanol–water partition coefficient (Wildman–Crippen LogP) is 4.06. The van der Waals surface area contributed by atoms with Gasteiger partial charge in [0.05, 0.1) is 0 Å². The van der Waals surface area contributed by atoms with E-state index in [1.165, 1.54) is 22.3 Å². The van der Waals surface area contributed by atoms with Gasteiger partial charge in [-0.2, -0.15) is 0 Å². The van der Waals surface area contributed by atoms with Gasteiger partial charge in [-0.3, -0.25) is 0 Å². The number of nitrogens with two attached hydrogens (primary N) is 1. The molecule has 1 heteroatoms. The molecule has 0 amide bonds. The fourth-order valence-corrected chi connectivity index (χ4v) is 2.06. The third-order valence-corrected chi connectivity index (χ3v) is 3.19. The van der Waals surface area contributed by atoms with Crippen LogP contribution in [0.5, 0.6) is 0 Å². The molecule has 0 radical (unpaired) electrons. The Hall–Kier alpha value is -1.76. The Morgan fingerprint density at radius 1 is 0.882 bits per heavy atom. The van der Waals surface area contributed by atoms with E-state index in [1.807, 2.05) is 6.07 Å². The first-order valence-electron chi connectivity index (χ1n) is 6.22. The van der Waals surface area contributed by atoms with E-state index in [0.717, 1.165) is 18.5 Å². The van der Waals surface area contributed by atoms with Gasteiger partial charge in [-0.15, -0.1) is 0 Å². The monoisotopic (exact) mass is 225 g/mol. The first-order chi connectivity index (χ1) is 8.24. The van der Waals surface area contributed by atoms with Gasteiger partial charge in [0.25, 0.3) is 0 Å². The Kier molecular flexibility index (Phi) is 3.48. The maximum Gasteiger partial charge on any atom is 0.0346 e. The molecule has 0 saturated carbocycles. The van der Waals surface area contributed by atoms with Crippen molar-refractivity contribution in [1.82, 2.24) is 0 Å². The summed E-state index contributed by atoms with van der Waals surface area (Å²) in [6, 6.07) is 15.0. The molecule has 2 N–H and O–H groups in total. The number of hydrogen-bond donors (Lipinski definition) is 1. The number of nitrogen functional groups attached to an aromatic ring is 1. The van der Waals surface area contributed by atoms with Crippen LogP contribution < -0.4 is 5.73 Å². The fourth-order valence-electron chi connectivity index (χ4n) is 2.06. The molecule has 0 heterocycles. The van der Waals surface area contributed by atoms with Gasteiger partial charge < -0.3 is 5.73 Å². The van der Waals surface area contributed by atoms with Crippen LogP contribution in [0.15, 0.2) is 42.5 Å². The van der Waals surface area contributed by atoms with E-state index in [4.69, 9.17) is 5.73 Å². The Morgan fingerprint density at radius 2 is 1.65 bits per heavy atom. The molecule has 0 atom stereocenters. The van der Waals surface area contributed by atoms with Crippen LogP contribution in [0.2, 0.25) is 0 Å². The van der Waals surface area contributed by atoms with E-state index in [-0.39, 0.29) is 0 Å². The molecular weight excluding hydrogens is 206 g/mol. The molecule has 88 valence electrons. The van der Waals surface area contributed by atoms with Gasteiger partial charge in [-0.25, -0.2) is 0 Å². The molecule has 0 aliphatic rings. The molecule has 0 saturated heterocycles. The second-order valence-electron chi connectivity index (χ2n) is 4.32. The van der Waals surface area contributed by atoms with Crippen molar-refractivity contribution >= 4 is 5.69 Å². The van der Waals surface area contributed by atoms with Crippen molar-refractivity contribution in [2.45, 2.75) is 26.7 Å². The average molecular weight is 225 g/mol. The lowest BCUT2D eigenvalue weighted by molar-refractivity contribution is 1.14. The number of aryl methyl sites for hydroxylation is 2. The van der Waals surface area contributed by atoms with Crippen LogP contribution >= 0.6 is 0 Å². The first kappa shape index (κ1) is 11.7. The maximum absolute atomic E-state index is 5.93. The van der Waals surface area contributed by atoms with Crippen LogP contribution in [-0.4, -0.2) is 0 Å². The van der Waals surface area contributed by atoms with Crippen LogP contribution in [0.4, 0.5) is 5.69 Å². The summed E-state index contributed by atoms with van der Waals surface area (Å²) in [6.07, 6.45) is 2.05. The molecule has 0 fully saturated rings. The Bertz CT molecular complexity index is 515. The van der Waals surface area contributed by atoms with Crippen LogP contribution in [0.3, 0.4) is 0 Å². The van der Waals surface area contributed by atoms with E-state index in [1.54, 1.807) is 0 Å². The molecule has 2 aromatic rings. The number of hydrogen-bond acceptors (Lipinski definition) is 1. The highest BCUT2D eigenvalue weighted by atomic mass is 14.6. The quantitative estimate of drug-likeness (QED) is 0.783. The molecule has 0 spiro atoms. The third kappa shape index (κ3) is 2.50. The van der Waals surface area contributed by atoms with Gasteiger partial charge >= 0.3 is 0 Å². The Morgan fingerprint density at radius 3 is 2.35 bits per heavy atom. The number of rotatable bonds is 3. The highest BCUT2D eigenvalue weighted by Crippen LogP contribution is 2.25. The van der Waals surface area contributed by atoms with Crippen molar-refractivity contribution in [2.24, 2.45) is 0 Å². The van der Waals surface area contributed by atoms with Gasteiger partial charge in [0.15, 0.2) is 0 Å². The summed E-state index contributed by atoms with van der Waals surface area (Å²) in [4.78, 5) is 0. The zero-order valence-corrected chi connectivity index (χ0v) is 10.5. The highest BCUT2D eigenvalue weighted by Gasteiger charge is 2.02. The van der Waals surface area contributed by atoms with Crippen LogP contribution in [0, 0.1) is 0 Å². The van der Waals surface area contributed by atoms with Crippen molar-refractivity contribution in [3.63, 3.8) is 0 Å². The Balaban J connectivity index is 2.45. The minimum absolute atomic E-state index is 0.892. The van der Waals surface area contributed by atoms with Crippen molar-refractivity contribution in [3.8, 4) is 11.1 Å². The number of benzene rings is 2. The summed E-state index contributed by atoms with van der Waals surface area (Å²) in [7, 11) is 0. The van der Waals surface area contributed by atoms with Crippen LogP contribution in [0.25, 0.3) is 11.1 Å². The summed E-state index contributed by atoms with van der Waals surface area (Å²) < 4.78 is 0. The molecule has 2 aromatic carbocycles. The molecule has 1 nitrogen and oxygen atoms in total. The van der Waals surface area contributed by atoms with Gasteiger partial charge in [-0.05, 0) is 47.2 Å². The molecule has 0 aliphatic carbocycles. The molecule has 0 aliphatic heterocycles. The molecule has 17 heavy (non-hydrogen) atoms. The topological polar surface area (TPSA) is 26.0 Å². The van der Waals surface area contributed by atoms with Crippen molar-refractivity contribution in [2.75, 3.05) is 5.73 Å². The van der Waals surface area contributed by atoms with Crippen LogP contribution in [-0.2, 0) is 12.8 Å². The van der Waals surface area contributed by atoms with E-state index in [9.17, 15) is 0 Å². The molecule has 0 bridgehead atoms. The zero-order valence-electron chi connectivity index (χ0n) is 10.5. The minimum atomic E-state index is 0.892. The third-order valence-electron chi connectivity index (χ3n) is 3.19. The predicted molar refractivity (Wildman–Crippen MR) is 75.0 cm³/mol. The minimum Gasteiger partial charge on any atom is -0.399 e. The maximum atomic E-state index is 5.93. The van der Waals surface area contributed by atoms with E-state index < -0.39 is 0 Å². The molecule has 0 unspecified atom stereocenters. The van der Waals surface area contributed by atoms with Crippen LogP contribution in [0.1, 0.15) is 25.0 Å². The smallest absolute Gasteiger partial charge is 0.0346 e. The standard InChI is InChI=1S/C16H19N/c1-3-12-6-5-7-14(10-12)15-8-9-16(17)13(4-2)11-15/h5-11H,3-4,17H2,1-2H3. The van der Waals surface area contributed by atoms with Crippen molar-refractivity contribution in [1.29, 1.82) is 0 Å². The molecular formula is C16H19N. The summed E-state index contributed by atoms with van der Waals surface area (Å²) >= 11 is 0. The lowest BCUT2D eigenvalue weighted by Gasteiger charge is -2.08. The molecule has 0 aromatic heterocycles. The highest BCUT2D eigenvalue weighted by molar-refractivity contribution is 5.68. The summed E-state index contributed by atoms with van der Waals surface area (Å²) in [5.41, 5.74) is 12.0. The van der Waals surface area contributed by atoms with Crippen molar-refractivity contribution < 1.29 is 0 Å².